The van der Waals surface area contributed by atoms with Crippen molar-refractivity contribution in [1.82, 2.24) is 14.5 Å². The first-order chi connectivity index (χ1) is 15.2. The second-order valence-electron chi connectivity index (χ2n) is 8.43. The van der Waals surface area contributed by atoms with Crippen LogP contribution in [0.3, 0.4) is 0 Å². The Hall–Kier alpha value is -2.71. The number of piperazine rings is 1. The van der Waals surface area contributed by atoms with E-state index >= 15 is 0 Å². The van der Waals surface area contributed by atoms with Crippen molar-refractivity contribution in [2.75, 3.05) is 19.6 Å². The van der Waals surface area contributed by atoms with Crippen LogP contribution in [0.1, 0.15) is 37.8 Å². The minimum atomic E-state index is -3.92. The van der Waals surface area contributed by atoms with Gasteiger partial charge in [0.25, 0.3) is 0 Å². The second kappa shape index (κ2) is 9.83. The predicted molar refractivity (Wildman–Crippen MR) is 123 cm³/mol. The van der Waals surface area contributed by atoms with Crippen LogP contribution in [0.25, 0.3) is 0 Å². The number of benzene rings is 2. The lowest BCUT2D eigenvalue weighted by molar-refractivity contribution is -0.152. The fourth-order valence-corrected chi connectivity index (χ4v) is 5.36. The molecular formula is C24H31N3O4S. The summed E-state index contributed by atoms with van der Waals surface area (Å²) < 4.78 is 27.7. The van der Waals surface area contributed by atoms with Gasteiger partial charge in [-0.05, 0) is 38.0 Å². The van der Waals surface area contributed by atoms with E-state index in [1.807, 2.05) is 44.2 Å². The summed E-state index contributed by atoms with van der Waals surface area (Å²) in [5.41, 5.74) is 0.558. The molecule has 1 aliphatic rings. The molecule has 0 radical (unpaired) electrons. The summed E-state index contributed by atoms with van der Waals surface area (Å²) in [4.78, 5) is 28.1. The molecule has 3 rings (SSSR count). The number of aryl methyl sites for hydroxylation is 1. The largest absolute Gasteiger partial charge is 0.350 e. The zero-order valence-corrected chi connectivity index (χ0v) is 19.7. The number of amides is 2. The average Bonchev–Trinajstić information content (AvgIpc) is 2.77. The molecule has 32 heavy (non-hydrogen) atoms. The number of nitrogens with zero attached hydrogens (tertiary/aromatic N) is 2. The summed E-state index contributed by atoms with van der Waals surface area (Å²) in [7, 11) is -3.92. The highest BCUT2D eigenvalue weighted by molar-refractivity contribution is 7.89. The van der Waals surface area contributed by atoms with Gasteiger partial charge in [0, 0.05) is 19.6 Å². The first-order valence-corrected chi connectivity index (χ1v) is 12.3. The molecule has 1 N–H and O–H groups in total. The van der Waals surface area contributed by atoms with E-state index in [1.54, 1.807) is 19.1 Å². The zero-order valence-electron chi connectivity index (χ0n) is 18.9. The van der Waals surface area contributed by atoms with Crippen molar-refractivity contribution in [3.05, 3.63) is 65.7 Å². The normalized spacial score (nSPS) is 19.7. The summed E-state index contributed by atoms with van der Waals surface area (Å²) >= 11 is 0. The van der Waals surface area contributed by atoms with E-state index in [0.29, 0.717) is 13.1 Å². The van der Waals surface area contributed by atoms with Gasteiger partial charge in [0.05, 0.1) is 11.4 Å². The Balaban J connectivity index is 1.88. The van der Waals surface area contributed by atoms with Crippen molar-refractivity contribution in [2.45, 2.75) is 50.6 Å². The van der Waals surface area contributed by atoms with Gasteiger partial charge in [-0.1, -0.05) is 61.4 Å². The number of hydrogen-bond donors (Lipinski definition) is 1. The molecule has 1 saturated heterocycles. The van der Waals surface area contributed by atoms with Gasteiger partial charge >= 0.3 is 0 Å². The van der Waals surface area contributed by atoms with Crippen LogP contribution in [0, 0.1) is 6.92 Å². The fraction of sp³-hybridized carbons (Fsp3) is 0.417. The van der Waals surface area contributed by atoms with Crippen molar-refractivity contribution < 1.29 is 18.0 Å². The molecule has 1 heterocycles. The maximum absolute atomic E-state index is 13.3. The van der Waals surface area contributed by atoms with E-state index in [2.05, 4.69) is 5.32 Å². The lowest BCUT2D eigenvalue weighted by Gasteiger charge is -2.46. The van der Waals surface area contributed by atoms with E-state index in [1.165, 1.54) is 17.0 Å². The molecule has 1 atom stereocenters. The summed E-state index contributed by atoms with van der Waals surface area (Å²) in [5.74, 6) is -0.729. The molecule has 2 amide bonds. The van der Waals surface area contributed by atoms with Crippen molar-refractivity contribution in [1.29, 1.82) is 0 Å². The van der Waals surface area contributed by atoms with Crippen LogP contribution in [-0.2, 0) is 26.2 Å². The highest BCUT2D eigenvalue weighted by Crippen LogP contribution is 2.28. The monoisotopic (exact) mass is 457 g/mol. The van der Waals surface area contributed by atoms with E-state index in [0.717, 1.165) is 28.3 Å². The first kappa shape index (κ1) is 23.9. The molecule has 2 aromatic carbocycles. The van der Waals surface area contributed by atoms with Crippen molar-refractivity contribution in [3.8, 4) is 0 Å². The Morgan fingerprint density at radius 1 is 1.09 bits per heavy atom. The quantitative estimate of drug-likeness (QED) is 0.660. The number of hydrogen-bond acceptors (Lipinski definition) is 4. The highest BCUT2D eigenvalue weighted by Gasteiger charge is 2.50. The molecule has 1 aliphatic heterocycles. The van der Waals surface area contributed by atoms with Crippen LogP contribution in [0.4, 0.5) is 0 Å². The standard InChI is InChI=1S/C24H31N3O4S/c1-4-5-15-27-22(28)17-26(32(30,31)21-13-11-19(2)12-14-21)18-24(27,3)23(29)25-16-20-9-7-6-8-10-20/h6-14H,4-5,15-18H2,1-3H3,(H,25,29)/t24-/m0/s1. The fourth-order valence-electron chi connectivity index (χ4n) is 3.88. The second-order valence-corrected chi connectivity index (χ2v) is 10.4. The molecule has 7 nitrogen and oxygen atoms in total. The van der Waals surface area contributed by atoms with E-state index in [9.17, 15) is 18.0 Å². The maximum atomic E-state index is 13.3. The molecule has 172 valence electrons. The highest BCUT2D eigenvalue weighted by atomic mass is 32.2. The number of carbonyl (C=O) groups excluding carboxylic acids is 2. The summed E-state index contributed by atoms with van der Waals surface area (Å²) in [5, 5.41) is 2.90. The van der Waals surface area contributed by atoms with Crippen molar-refractivity contribution >= 4 is 21.8 Å². The minimum absolute atomic E-state index is 0.0979. The molecule has 2 aromatic rings. The molecule has 0 saturated carbocycles. The molecule has 1 fully saturated rings. The van der Waals surface area contributed by atoms with Crippen LogP contribution >= 0.6 is 0 Å². The number of sulfonamides is 1. The van der Waals surface area contributed by atoms with Crippen LogP contribution in [-0.4, -0.2) is 54.6 Å². The van der Waals surface area contributed by atoms with E-state index in [-0.39, 0.29) is 29.8 Å². The third-order valence-electron chi connectivity index (χ3n) is 5.87. The third kappa shape index (κ3) is 5.02. The van der Waals surface area contributed by atoms with Gasteiger partial charge < -0.3 is 10.2 Å². The van der Waals surface area contributed by atoms with Gasteiger partial charge in [-0.25, -0.2) is 8.42 Å². The third-order valence-corrected chi connectivity index (χ3v) is 7.68. The van der Waals surface area contributed by atoms with Gasteiger partial charge in [0.2, 0.25) is 21.8 Å². The summed E-state index contributed by atoms with van der Waals surface area (Å²) in [6.45, 7) is 5.87. The van der Waals surface area contributed by atoms with Crippen molar-refractivity contribution in [2.24, 2.45) is 0 Å². The Kier molecular flexibility index (Phi) is 7.36. The van der Waals surface area contributed by atoms with Gasteiger partial charge in [-0.15, -0.1) is 0 Å². The zero-order chi connectivity index (χ0) is 23.4. The smallest absolute Gasteiger partial charge is 0.247 e. The molecule has 0 aliphatic carbocycles. The topological polar surface area (TPSA) is 86.8 Å². The van der Waals surface area contributed by atoms with Crippen LogP contribution in [0.2, 0.25) is 0 Å². The van der Waals surface area contributed by atoms with E-state index in [4.69, 9.17) is 0 Å². The van der Waals surface area contributed by atoms with Crippen LogP contribution in [0.5, 0.6) is 0 Å². The molecule has 8 heteroatoms. The van der Waals surface area contributed by atoms with Gasteiger partial charge in [-0.3, -0.25) is 9.59 Å². The van der Waals surface area contributed by atoms with E-state index < -0.39 is 15.6 Å². The van der Waals surface area contributed by atoms with Gasteiger partial charge in [0.1, 0.15) is 5.54 Å². The first-order valence-electron chi connectivity index (χ1n) is 10.9. The SMILES string of the molecule is CCCCN1C(=O)CN(S(=O)(=O)c2ccc(C)cc2)C[C@@]1(C)C(=O)NCc1ccccc1. The number of carbonyl (C=O) groups is 2. The molecule has 0 bridgehead atoms. The number of unbranched alkanes of at least 4 members (excludes halogenated alkanes) is 1. The lowest BCUT2D eigenvalue weighted by Crippen LogP contribution is -2.69. The summed E-state index contributed by atoms with van der Waals surface area (Å²) in [6, 6.07) is 16.0. The predicted octanol–water partition coefficient (Wildman–Crippen LogP) is 2.70. The maximum Gasteiger partial charge on any atom is 0.247 e. The Morgan fingerprint density at radius 3 is 2.38 bits per heavy atom. The molecule has 0 spiro atoms. The van der Waals surface area contributed by atoms with Crippen molar-refractivity contribution in [3.63, 3.8) is 0 Å². The van der Waals surface area contributed by atoms with Crippen LogP contribution < -0.4 is 5.32 Å². The average molecular weight is 458 g/mol. The van der Waals surface area contributed by atoms with Gasteiger partial charge in [-0.2, -0.15) is 4.31 Å². The molecular weight excluding hydrogens is 426 g/mol. The number of rotatable bonds is 8. The lowest BCUT2D eigenvalue weighted by atomic mass is 9.95. The number of nitrogens with one attached hydrogen (secondary N) is 1. The van der Waals surface area contributed by atoms with Crippen LogP contribution in [0.15, 0.2) is 59.5 Å². The van der Waals surface area contributed by atoms with Gasteiger partial charge in [0.15, 0.2) is 0 Å². The Morgan fingerprint density at radius 2 is 1.75 bits per heavy atom. The molecule has 0 unspecified atom stereocenters. The summed E-state index contributed by atoms with van der Waals surface area (Å²) in [6.07, 6.45) is 1.59. The molecule has 0 aromatic heterocycles. The Bertz CT molecular complexity index is 1050. The minimum Gasteiger partial charge on any atom is -0.350 e. The Labute approximate surface area is 190 Å².